The number of carbonyl (C=O) groups is 1. The van der Waals surface area contributed by atoms with Gasteiger partial charge >= 0.3 is 12.3 Å². The largest absolute Gasteiger partial charge is 0.439 e. The van der Waals surface area contributed by atoms with Gasteiger partial charge in [-0.15, -0.1) is 0 Å². The molecule has 1 amide bonds. The summed E-state index contributed by atoms with van der Waals surface area (Å²) in [6.45, 7) is 4.34. The number of ether oxygens (including phenoxy) is 2. The van der Waals surface area contributed by atoms with Crippen LogP contribution in [0.2, 0.25) is 5.02 Å². The summed E-state index contributed by atoms with van der Waals surface area (Å²) in [4.78, 5) is 20.0. The molecule has 1 aliphatic rings. The highest BCUT2D eigenvalue weighted by molar-refractivity contribution is 6.30. The van der Waals surface area contributed by atoms with Gasteiger partial charge < -0.3 is 19.3 Å². The van der Waals surface area contributed by atoms with Gasteiger partial charge in [0, 0.05) is 49.2 Å². The van der Waals surface area contributed by atoms with Gasteiger partial charge in [-0.3, -0.25) is 0 Å². The zero-order chi connectivity index (χ0) is 24.3. The van der Waals surface area contributed by atoms with Crippen LogP contribution < -0.4 is 14.4 Å². The van der Waals surface area contributed by atoms with E-state index in [1.54, 1.807) is 29.2 Å². The SMILES string of the molecule is Cc1ccc(Cl)cc1N1CCN(C(=O)Oc2ccc(Oc3ccc(C(F)(F)F)cn3)cc2)CC1. The first kappa shape index (κ1) is 23.7. The van der Waals surface area contributed by atoms with Crippen molar-refractivity contribution in [2.75, 3.05) is 31.1 Å². The Hall–Kier alpha value is -3.46. The van der Waals surface area contributed by atoms with Crippen LogP contribution in [0.15, 0.2) is 60.8 Å². The van der Waals surface area contributed by atoms with Crippen molar-refractivity contribution >= 4 is 23.4 Å². The number of hydrogen-bond acceptors (Lipinski definition) is 5. The van der Waals surface area contributed by atoms with E-state index < -0.39 is 17.8 Å². The summed E-state index contributed by atoms with van der Waals surface area (Å²) < 4.78 is 48.8. The number of piperazine rings is 1. The van der Waals surface area contributed by atoms with Crippen LogP contribution in [0.5, 0.6) is 17.4 Å². The summed E-state index contributed by atoms with van der Waals surface area (Å²) in [7, 11) is 0. The molecule has 2 aromatic carbocycles. The molecule has 0 N–H and O–H groups in total. The third kappa shape index (κ3) is 5.72. The van der Waals surface area contributed by atoms with E-state index in [0.717, 1.165) is 23.4 Å². The normalized spacial score (nSPS) is 14.1. The predicted octanol–water partition coefficient (Wildman–Crippen LogP) is 6.18. The Morgan fingerprint density at radius 1 is 0.971 bits per heavy atom. The second-order valence-electron chi connectivity index (χ2n) is 7.73. The molecule has 0 aliphatic carbocycles. The van der Waals surface area contributed by atoms with Gasteiger partial charge in [0.15, 0.2) is 0 Å². The van der Waals surface area contributed by atoms with E-state index >= 15 is 0 Å². The number of aryl methyl sites for hydroxylation is 1. The molecule has 0 atom stereocenters. The van der Waals surface area contributed by atoms with Gasteiger partial charge in [-0.1, -0.05) is 17.7 Å². The van der Waals surface area contributed by atoms with E-state index in [9.17, 15) is 18.0 Å². The van der Waals surface area contributed by atoms with E-state index in [0.29, 0.717) is 48.9 Å². The number of amides is 1. The highest BCUT2D eigenvalue weighted by atomic mass is 35.5. The van der Waals surface area contributed by atoms with Gasteiger partial charge in [0.2, 0.25) is 5.88 Å². The highest BCUT2D eigenvalue weighted by Crippen LogP contribution is 2.30. The highest BCUT2D eigenvalue weighted by Gasteiger charge is 2.30. The first-order valence-corrected chi connectivity index (χ1v) is 10.9. The fourth-order valence-electron chi connectivity index (χ4n) is 3.52. The Bertz CT molecular complexity index is 1150. The molecule has 10 heteroatoms. The third-order valence-electron chi connectivity index (χ3n) is 5.36. The lowest BCUT2D eigenvalue weighted by Gasteiger charge is -2.36. The fourth-order valence-corrected chi connectivity index (χ4v) is 3.69. The zero-order valence-corrected chi connectivity index (χ0v) is 18.9. The molecule has 0 spiro atoms. The van der Waals surface area contributed by atoms with Gasteiger partial charge in [-0.05, 0) is 55.0 Å². The van der Waals surface area contributed by atoms with Crippen molar-refractivity contribution < 1.29 is 27.4 Å². The van der Waals surface area contributed by atoms with Crippen molar-refractivity contribution in [3.63, 3.8) is 0 Å². The third-order valence-corrected chi connectivity index (χ3v) is 5.60. The van der Waals surface area contributed by atoms with Crippen molar-refractivity contribution in [1.29, 1.82) is 0 Å². The topological polar surface area (TPSA) is 54.9 Å². The molecule has 2 heterocycles. The van der Waals surface area contributed by atoms with Crippen molar-refractivity contribution in [1.82, 2.24) is 9.88 Å². The van der Waals surface area contributed by atoms with E-state index in [1.165, 1.54) is 0 Å². The minimum absolute atomic E-state index is 0.0190. The molecule has 1 saturated heterocycles. The Kier molecular flexibility index (Phi) is 6.83. The number of halogens is 4. The first-order valence-electron chi connectivity index (χ1n) is 10.5. The molecule has 0 radical (unpaired) electrons. The van der Waals surface area contributed by atoms with E-state index in [1.807, 2.05) is 25.1 Å². The standard InChI is InChI=1S/C24H21ClF3N3O3/c1-16-2-4-18(25)14-21(16)30-10-12-31(13-11-30)23(32)34-20-7-5-19(6-8-20)33-22-9-3-17(15-29-22)24(26,27)28/h2-9,14-15H,10-13H2,1H3. The second-order valence-corrected chi connectivity index (χ2v) is 8.17. The van der Waals surface area contributed by atoms with Gasteiger partial charge in [0.1, 0.15) is 11.5 Å². The lowest BCUT2D eigenvalue weighted by atomic mass is 10.1. The maximum Gasteiger partial charge on any atom is 0.417 e. The summed E-state index contributed by atoms with van der Waals surface area (Å²) in [6, 6.07) is 14.0. The minimum Gasteiger partial charge on any atom is -0.439 e. The van der Waals surface area contributed by atoms with Gasteiger partial charge in [0.05, 0.1) is 5.56 Å². The Morgan fingerprint density at radius 2 is 1.65 bits per heavy atom. The van der Waals surface area contributed by atoms with Crippen LogP contribution in [0.3, 0.4) is 0 Å². The minimum atomic E-state index is -4.46. The molecular weight excluding hydrogens is 471 g/mol. The number of nitrogens with zero attached hydrogens (tertiary/aromatic N) is 3. The first-order chi connectivity index (χ1) is 16.2. The predicted molar refractivity (Wildman–Crippen MR) is 122 cm³/mol. The Labute approximate surface area is 199 Å². The number of alkyl halides is 3. The molecular formula is C24H21ClF3N3O3. The van der Waals surface area contributed by atoms with Crippen molar-refractivity contribution in [2.45, 2.75) is 13.1 Å². The quantitative estimate of drug-likeness (QED) is 0.436. The van der Waals surface area contributed by atoms with Gasteiger partial charge in [0.25, 0.3) is 0 Å². The molecule has 1 aliphatic heterocycles. The molecule has 0 bridgehead atoms. The molecule has 6 nitrogen and oxygen atoms in total. The monoisotopic (exact) mass is 491 g/mol. The molecule has 1 fully saturated rings. The van der Waals surface area contributed by atoms with Crippen LogP contribution in [0.1, 0.15) is 11.1 Å². The van der Waals surface area contributed by atoms with Gasteiger partial charge in [-0.25, -0.2) is 9.78 Å². The number of hydrogen-bond donors (Lipinski definition) is 0. The van der Waals surface area contributed by atoms with Crippen LogP contribution in [0.4, 0.5) is 23.7 Å². The molecule has 0 saturated carbocycles. The maximum atomic E-state index is 12.6. The van der Waals surface area contributed by atoms with E-state index in [4.69, 9.17) is 21.1 Å². The van der Waals surface area contributed by atoms with Crippen LogP contribution in [-0.4, -0.2) is 42.2 Å². The summed E-state index contributed by atoms with van der Waals surface area (Å²) in [5.74, 6) is 0.689. The smallest absolute Gasteiger partial charge is 0.417 e. The Balaban J connectivity index is 1.30. The molecule has 178 valence electrons. The maximum absolute atomic E-state index is 12.6. The van der Waals surface area contributed by atoms with Crippen LogP contribution >= 0.6 is 11.6 Å². The number of benzene rings is 2. The van der Waals surface area contributed by atoms with E-state index in [2.05, 4.69) is 9.88 Å². The summed E-state index contributed by atoms with van der Waals surface area (Å²) in [5, 5.41) is 0.670. The average Bonchev–Trinajstić information content (AvgIpc) is 2.82. The molecule has 34 heavy (non-hydrogen) atoms. The number of anilines is 1. The average molecular weight is 492 g/mol. The summed E-state index contributed by atoms with van der Waals surface area (Å²) >= 11 is 6.12. The number of rotatable bonds is 4. The van der Waals surface area contributed by atoms with Crippen LogP contribution in [0.25, 0.3) is 0 Å². The van der Waals surface area contributed by atoms with Gasteiger partial charge in [-0.2, -0.15) is 13.2 Å². The van der Waals surface area contributed by atoms with Crippen LogP contribution in [-0.2, 0) is 6.18 Å². The van der Waals surface area contributed by atoms with Crippen LogP contribution in [0, 0.1) is 6.92 Å². The fraction of sp³-hybridized carbons (Fsp3) is 0.250. The lowest BCUT2D eigenvalue weighted by Crippen LogP contribution is -2.49. The van der Waals surface area contributed by atoms with Crippen molar-refractivity contribution in [3.8, 4) is 17.4 Å². The Morgan fingerprint density at radius 3 is 2.26 bits per heavy atom. The van der Waals surface area contributed by atoms with E-state index in [-0.39, 0.29) is 5.88 Å². The number of pyridine rings is 1. The molecule has 1 aromatic heterocycles. The lowest BCUT2D eigenvalue weighted by molar-refractivity contribution is -0.137. The number of aromatic nitrogens is 1. The van der Waals surface area contributed by atoms with Crippen molar-refractivity contribution in [3.05, 3.63) is 76.9 Å². The molecule has 0 unspecified atom stereocenters. The second kappa shape index (κ2) is 9.80. The zero-order valence-electron chi connectivity index (χ0n) is 18.2. The number of carbonyl (C=O) groups excluding carboxylic acids is 1. The summed E-state index contributed by atoms with van der Waals surface area (Å²) in [6.07, 6.45) is -4.21. The summed E-state index contributed by atoms with van der Waals surface area (Å²) in [5.41, 5.74) is 1.32. The van der Waals surface area contributed by atoms with Crippen molar-refractivity contribution in [2.24, 2.45) is 0 Å². The molecule has 3 aromatic rings. The molecule has 4 rings (SSSR count).